The van der Waals surface area contributed by atoms with Gasteiger partial charge in [0.25, 0.3) is 11.5 Å². The Bertz CT molecular complexity index is 1670. The number of amides is 1. The number of aryl methyl sites for hydroxylation is 2. The van der Waals surface area contributed by atoms with E-state index >= 15 is 0 Å². The van der Waals surface area contributed by atoms with E-state index in [0.717, 1.165) is 16.5 Å². The number of carbonyl (C=O) groups excluding carboxylic acids is 1. The lowest BCUT2D eigenvalue weighted by Crippen LogP contribution is -2.22. The molecule has 0 unspecified atom stereocenters. The Balaban J connectivity index is 1.62. The summed E-state index contributed by atoms with van der Waals surface area (Å²) < 4.78 is 7.73. The molecule has 12 heteroatoms. The Morgan fingerprint density at radius 3 is 2.69 bits per heavy atom. The third-order valence-corrected chi connectivity index (χ3v) is 6.76. The number of nitro groups is 1. The number of aromatic nitrogens is 2. The largest absolute Gasteiger partial charge is 0.476 e. The number of fused-ring (bicyclic) bond motifs is 1. The summed E-state index contributed by atoms with van der Waals surface area (Å²) in [6, 6.07) is 15.3. The molecule has 1 N–H and O–H groups in total. The molecular weight excluding hydrogens is 634 g/mol. The number of nitrogens with one attached hydrogen (secondary N) is 1. The zero-order valence-corrected chi connectivity index (χ0v) is 24.2. The Labute approximate surface area is 240 Å². The summed E-state index contributed by atoms with van der Waals surface area (Å²) in [6.45, 7) is 3.38. The maximum absolute atomic E-state index is 13.2. The molecule has 0 atom stereocenters. The Morgan fingerprint density at radius 1 is 1.21 bits per heavy atom. The molecule has 0 aliphatic carbocycles. The number of hydrogen-bond acceptors (Lipinski definition) is 7. The summed E-state index contributed by atoms with van der Waals surface area (Å²) in [6.07, 6.45) is 2.60. The smallest absolute Gasteiger partial charge is 0.312 e. The molecule has 0 fully saturated rings. The highest BCUT2D eigenvalue weighted by Gasteiger charge is 2.21. The van der Waals surface area contributed by atoms with Crippen molar-refractivity contribution in [3.05, 3.63) is 101 Å². The Morgan fingerprint density at radius 2 is 1.97 bits per heavy atom. The standard InChI is InChI=1S/C27H23Br2N5O5/c1-3-6-24-31-22-10-9-18(28)13-19(22)27(36)33(24)30-14-17-11-20(29)26(23(12-17)34(37)38)39-15-25(35)32-21-8-5-4-7-16(21)2/h4-5,7-14H,3,6,15H2,1-2H3,(H,32,35). The monoisotopic (exact) mass is 655 g/mol. The number of carbonyl (C=O) groups is 1. The van der Waals surface area contributed by atoms with Gasteiger partial charge in [-0.3, -0.25) is 19.7 Å². The van der Waals surface area contributed by atoms with E-state index in [-0.39, 0.29) is 21.5 Å². The van der Waals surface area contributed by atoms with E-state index in [2.05, 4.69) is 47.3 Å². The van der Waals surface area contributed by atoms with Gasteiger partial charge in [0.2, 0.25) is 5.75 Å². The van der Waals surface area contributed by atoms with Crippen molar-refractivity contribution < 1.29 is 14.5 Å². The van der Waals surface area contributed by atoms with E-state index in [1.807, 2.05) is 32.0 Å². The second-order valence-corrected chi connectivity index (χ2v) is 10.3. The first-order valence-corrected chi connectivity index (χ1v) is 13.5. The van der Waals surface area contributed by atoms with Gasteiger partial charge in [0.15, 0.2) is 6.61 Å². The summed E-state index contributed by atoms with van der Waals surface area (Å²) in [4.78, 5) is 41.4. The minimum atomic E-state index is -0.611. The molecule has 0 aliphatic rings. The molecule has 1 aromatic heterocycles. The lowest BCUT2D eigenvalue weighted by molar-refractivity contribution is -0.385. The van der Waals surface area contributed by atoms with Crippen LogP contribution in [0.5, 0.6) is 5.75 Å². The van der Waals surface area contributed by atoms with Crippen molar-refractivity contribution in [3.8, 4) is 5.75 Å². The number of hydrogen-bond donors (Lipinski definition) is 1. The molecule has 0 aliphatic heterocycles. The third-order valence-electron chi connectivity index (χ3n) is 5.68. The Kier molecular flexibility index (Phi) is 8.87. The second-order valence-electron chi connectivity index (χ2n) is 8.56. The number of ether oxygens (including phenoxy) is 1. The minimum Gasteiger partial charge on any atom is -0.476 e. The molecule has 3 aromatic carbocycles. The predicted octanol–water partition coefficient (Wildman–Crippen LogP) is 5.99. The quantitative estimate of drug-likeness (QED) is 0.134. The number of nitrogens with zero attached hydrogens (tertiary/aromatic N) is 4. The molecule has 200 valence electrons. The molecule has 10 nitrogen and oxygen atoms in total. The van der Waals surface area contributed by atoms with E-state index in [0.29, 0.717) is 34.4 Å². The zero-order chi connectivity index (χ0) is 28.1. The second kappa shape index (κ2) is 12.3. The van der Waals surface area contributed by atoms with Crippen LogP contribution < -0.4 is 15.6 Å². The molecule has 0 spiro atoms. The summed E-state index contributed by atoms with van der Waals surface area (Å²) in [5.41, 5.74) is 1.68. The molecular formula is C27H23Br2N5O5. The van der Waals surface area contributed by atoms with E-state index in [1.165, 1.54) is 17.0 Å². The van der Waals surface area contributed by atoms with Gasteiger partial charge in [0, 0.05) is 28.2 Å². The third kappa shape index (κ3) is 6.58. The van der Waals surface area contributed by atoms with Crippen molar-refractivity contribution in [2.75, 3.05) is 11.9 Å². The van der Waals surface area contributed by atoms with Gasteiger partial charge >= 0.3 is 5.69 Å². The number of para-hydroxylation sites is 1. The number of anilines is 1. The van der Waals surface area contributed by atoms with Crippen molar-refractivity contribution >= 4 is 66.3 Å². The van der Waals surface area contributed by atoms with E-state index in [1.54, 1.807) is 30.3 Å². The van der Waals surface area contributed by atoms with Crippen LogP contribution in [0.1, 0.15) is 30.3 Å². The van der Waals surface area contributed by atoms with Crippen molar-refractivity contribution in [2.45, 2.75) is 26.7 Å². The summed E-state index contributed by atoms with van der Waals surface area (Å²) in [5, 5.41) is 19.3. The zero-order valence-electron chi connectivity index (χ0n) is 21.0. The fourth-order valence-electron chi connectivity index (χ4n) is 3.81. The predicted molar refractivity (Wildman–Crippen MR) is 157 cm³/mol. The minimum absolute atomic E-state index is 0.0989. The molecule has 0 saturated carbocycles. The molecule has 4 aromatic rings. The van der Waals surface area contributed by atoms with Crippen molar-refractivity contribution in [2.24, 2.45) is 5.10 Å². The molecule has 1 amide bonds. The maximum atomic E-state index is 13.2. The number of halogens is 2. The fraction of sp³-hybridized carbons (Fsp3) is 0.185. The number of rotatable bonds is 9. The summed E-state index contributed by atoms with van der Waals surface area (Å²) in [7, 11) is 0. The topological polar surface area (TPSA) is 129 Å². The normalized spacial score (nSPS) is 11.2. The van der Waals surface area contributed by atoms with Crippen LogP contribution in [0.15, 0.2) is 73.4 Å². The van der Waals surface area contributed by atoms with Crippen LogP contribution in [0.2, 0.25) is 0 Å². The van der Waals surface area contributed by atoms with Crippen LogP contribution in [0, 0.1) is 17.0 Å². The van der Waals surface area contributed by atoms with Crippen LogP contribution in [0.4, 0.5) is 11.4 Å². The van der Waals surface area contributed by atoms with Gasteiger partial charge in [0.05, 0.1) is 26.5 Å². The molecule has 4 rings (SSSR count). The molecule has 39 heavy (non-hydrogen) atoms. The van der Waals surface area contributed by atoms with Gasteiger partial charge in [-0.2, -0.15) is 9.78 Å². The van der Waals surface area contributed by atoms with Crippen molar-refractivity contribution in [1.82, 2.24) is 9.66 Å². The van der Waals surface area contributed by atoms with Crippen LogP contribution >= 0.6 is 31.9 Å². The SMILES string of the molecule is CCCc1nc2ccc(Br)cc2c(=O)n1N=Cc1cc(Br)c(OCC(=O)Nc2ccccc2C)c([N+](=O)[O-])c1. The fourth-order valence-corrected chi connectivity index (χ4v) is 4.76. The highest BCUT2D eigenvalue weighted by atomic mass is 79.9. The van der Waals surface area contributed by atoms with Crippen molar-refractivity contribution in [3.63, 3.8) is 0 Å². The van der Waals surface area contributed by atoms with Crippen molar-refractivity contribution in [1.29, 1.82) is 0 Å². The lowest BCUT2D eigenvalue weighted by atomic mass is 10.2. The molecule has 1 heterocycles. The summed E-state index contributed by atoms with van der Waals surface area (Å²) >= 11 is 6.68. The van der Waals surface area contributed by atoms with Gasteiger partial charge in [-0.25, -0.2) is 4.98 Å². The van der Waals surface area contributed by atoms with E-state index in [4.69, 9.17) is 4.74 Å². The first-order valence-electron chi connectivity index (χ1n) is 11.9. The molecule has 0 radical (unpaired) electrons. The van der Waals surface area contributed by atoms with Gasteiger partial charge in [-0.05, 0) is 65.2 Å². The first-order chi connectivity index (χ1) is 18.7. The van der Waals surface area contributed by atoms with Gasteiger partial charge in [-0.1, -0.05) is 41.1 Å². The van der Waals surface area contributed by atoms with E-state index < -0.39 is 17.4 Å². The first kappa shape index (κ1) is 28.1. The van der Waals surface area contributed by atoms with Gasteiger partial charge in [0.1, 0.15) is 5.82 Å². The number of nitro benzene ring substituents is 1. The van der Waals surface area contributed by atoms with Gasteiger partial charge < -0.3 is 10.1 Å². The van der Waals surface area contributed by atoms with Crippen LogP contribution in [0.3, 0.4) is 0 Å². The van der Waals surface area contributed by atoms with Crippen LogP contribution in [-0.2, 0) is 11.2 Å². The highest BCUT2D eigenvalue weighted by Crippen LogP contribution is 2.36. The van der Waals surface area contributed by atoms with Crippen LogP contribution in [0.25, 0.3) is 10.9 Å². The highest BCUT2D eigenvalue weighted by molar-refractivity contribution is 9.10. The average molecular weight is 657 g/mol. The maximum Gasteiger partial charge on any atom is 0.312 e. The molecule has 0 bridgehead atoms. The lowest BCUT2D eigenvalue weighted by Gasteiger charge is -2.11. The Hall–Kier alpha value is -3.90. The van der Waals surface area contributed by atoms with E-state index in [9.17, 15) is 19.7 Å². The van der Waals surface area contributed by atoms with Gasteiger partial charge in [-0.15, -0.1) is 0 Å². The average Bonchev–Trinajstić information content (AvgIpc) is 2.89. The summed E-state index contributed by atoms with van der Waals surface area (Å²) in [5.74, 6) is -0.0886. The molecule has 0 saturated heterocycles. The van der Waals surface area contributed by atoms with Crippen LogP contribution in [-0.4, -0.2) is 33.3 Å². The number of benzene rings is 3.